The lowest BCUT2D eigenvalue weighted by atomic mass is 10.2. The summed E-state index contributed by atoms with van der Waals surface area (Å²) in [6, 6.07) is 3.23. The lowest BCUT2D eigenvalue weighted by Gasteiger charge is -2.15. The molecule has 1 fully saturated rings. The number of amides is 2. The van der Waals surface area contributed by atoms with E-state index in [1.807, 2.05) is 4.90 Å². The van der Waals surface area contributed by atoms with Gasteiger partial charge in [0.2, 0.25) is 11.8 Å². The SMILES string of the molecule is O=C(COc1ncnc2c(Cl)cc(Cl)cc12)NCCCN1CCCC1=O. The summed E-state index contributed by atoms with van der Waals surface area (Å²) in [6.07, 6.45) is 3.57. The summed E-state index contributed by atoms with van der Waals surface area (Å²) < 4.78 is 5.49. The van der Waals surface area contributed by atoms with E-state index in [0.29, 0.717) is 46.9 Å². The molecule has 7 nitrogen and oxygen atoms in total. The van der Waals surface area contributed by atoms with Crippen molar-refractivity contribution in [3.05, 3.63) is 28.5 Å². The molecular formula is C17H18Cl2N4O3. The Morgan fingerprint density at radius 2 is 2.15 bits per heavy atom. The molecule has 0 unspecified atom stereocenters. The zero-order valence-corrected chi connectivity index (χ0v) is 15.5. The molecule has 26 heavy (non-hydrogen) atoms. The smallest absolute Gasteiger partial charge is 0.258 e. The normalized spacial score (nSPS) is 14.1. The van der Waals surface area contributed by atoms with Gasteiger partial charge in [0.05, 0.1) is 15.9 Å². The maximum absolute atomic E-state index is 11.9. The molecule has 2 heterocycles. The lowest BCUT2D eigenvalue weighted by molar-refractivity contribution is -0.127. The van der Waals surface area contributed by atoms with E-state index in [1.54, 1.807) is 12.1 Å². The summed E-state index contributed by atoms with van der Waals surface area (Å²) in [5, 5.41) is 4.13. The topological polar surface area (TPSA) is 84.4 Å². The van der Waals surface area contributed by atoms with Gasteiger partial charge >= 0.3 is 0 Å². The molecule has 0 aliphatic carbocycles. The highest BCUT2D eigenvalue weighted by Crippen LogP contribution is 2.30. The number of ether oxygens (including phenoxy) is 1. The monoisotopic (exact) mass is 396 g/mol. The molecule has 2 amide bonds. The van der Waals surface area contributed by atoms with Crippen molar-refractivity contribution in [2.75, 3.05) is 26.2 Å². The molecule has 0 atom stereocenters. The summed E-state index contributed by atoms with van der Waals surface area (Å²) in [7, 11) is 0. The third-order valence-electron chi connectivity index (χ3n) is 4.06. The Labute approximate surface area is 160 Å². The number of fused-ring (bicyclic) bond motifs is 1. The van der Waals surface area contributed by atoms with Crippen molar-refractivity contribution in [3.8, 4) is 5.88 Å². The van der Waals surface area contributed by atoms with Gasteiger partial charge in [-0.1, -0.05) is 23.2 Å². The van der Waals surface area contributed by atoms with Crippen LogP contribution in [0.5, 0.6) is 5.88 Å². The number of hydrogen-bond acceptors (Lipinski definition) is 5. The molecule has 138 valence electrons. The number of carbonyl (C=O) groups excluding carboxylic acids is 2. The second kappa shape index (κ2) is 8.51. The molecule has 0 bridgehead atoms. The van der Waals surface area contributed by atoms with Crippen LogP contribution in [0.15, 0.2) is 18.5 Å². The van der Waals surface area contributed by atoms with Crippen LogP contribution >= 0.6 is 23.2 Å². The van der Waals surface area contributed by atoms with E-state index >= 15 is 0 Å². The van der Waals surface area contributed by atoms with Gasteiger partial charge in [-0.05, 0) is 25.0 Å². The molecule has 3 rings (SSSR count). The number of halogens is 2. The molecule has 2 aromatic rings. The second-order valence-corrected chi connectivity index (χ2v) is 6.78. The van der Waals surface area contributed by atoms with Crippen molar-refractivity contribution in [1.29, 1.82) is 0 Å². The number of benzene rings is 1. The van der Waals surface area contributed by atoms with Crippen molar-refractivity contribution < 1.29 is 14.3 Å². The predicted octanol–water partition coefficient (Wildman–Crippen LogP) is 2.44. The van der Waals surface area contributed by atoms with Gasteiger partial charge in [0.1, 0.15) is 6.33 Å². The van der Waals surface area contributed by atoms with Crippen molar-refractivity contribution in [2.45, 2.75) is 19.3 Å². The van der Waals surface area contributed by atoms with Crippen LogP contribution in [-0.2, 0) is 9.59 Å². The van der Waals surface area contributed by atoms with Gasteiger partial charge in [-0.3, -0.25) is 9.59 Å². The Morgan fingerprint density at radius 3 is 2.92 bits per heavy atom. The number of nitrogens with one attached hydrogen (secondary N) is 1. The zero-order valence-electron chi connectivity index (χ0n) is 14.0. The first-order valence-electron chi connectivity index (χ1n) is 8.31. The fourth-order valence-electron chi connectivity index (χ4n) is 2.81. The van der Waals surface area contributed by atoms with Crippen LogP contribution in [0.2, 0.25) is 10.0 Å². The van der Waals surface area contributed by atoms with E-state index in [4.69, 9.17) is 27.9 Å². The van der Waals surface area contributed by atoms with Crippen molar-refractivity contribution in [1.82, 2.24) is 20.2 Å². The number of carbonyl (C=O) groups is 2. The third kappa shape index (κ3) is 4.53. The molecule has 0 radical (unpaired) electrons. The minimum absolute atomic E-state index is 0.182. The molecule has 1 N–H and O–H groups in total. The minimum atomic E-state index is -0.266. The number of likely N-dealkylation sites (tertiary alicyclic amines) is 1. The molecule has 9 heteroatoms. The van der Waals surface area contributed by atoms with E-state index in [9.17, 15) is 9.59 Å². The van der Waals surface area contributed by atoms with Crippen LogP contribution in [0.3, 0.4) is 0 Å². The largest absolute Gasteiger partial charge is 0.467 e. The standard InChI is InChI=1S/C17H18Cl2N4O3/c18-11-7-12-16(13(19)8-11)21-10-22-17(12)26-9-14(24)20-4-2-6-23-5-1-3-15(23)25/h7-8,10H,1-6,9H2,(H,20,24). The van der Waals surface area contributed by atoms with E-state index in [1.165, 1.54) is 6.33 Å². The number of aromatic nitrogens is 2. The van der Waals surface area contributed by atoms with E-state index in [0.717, 1.165) is 13.0 Å². The lowest BCUT2D eigenvalue weighted by Crippen LogP contribution is -2.33. The Morgan fingerprint density at radius 1 is 1.31 bits per heavy atom. The predicted molar refractivity (Wildman–Crippen MR) is 98.5 cm³/mol. The maximum atomic E-state index is 11.9. The average Bonchev–Trinajstić information content (AvgIpc) is 3.02. The first kappa shape index (κ1) is 18.7. The van der Waals surface area contributed by atoms with Crippen LogP contribution in [0.25, 0.3) is 10.9 Å². The number of hydrogen-bond donors (Lipinski definition) is 1. The van der Waals surface area contributed by atoms with Gasteiger partial charge in [0.15, 0.2) is 6.61 Å². The molecule has 1 aliphatic heterocycles. The Bertz CT molecular complexity index is 831. The van der Waals surface area contributed by atoms with Crippen LogP contribution in [0.4, 0.5) is 0 Å². The van der Waals surface area contributed by atoms with E-state index in [2.05, 4.69) is 15.3 Å². The molecular weight excluding hydrogens is 379 g/mol. The molecule has 1 aliphatic rings. The van der Waals surface area contributed by atoms with Gasteiger partial charge in [0, 0.05) is 31.1 Å². The molecule has 0 spiro atoms. The minimum Gasteiger partial charge on any atom is -0.467 e. The fraction of sp³-hybridized carbons (Fsp3) is 0.412. The molecule has 1 saturated heterocycles. The highest BCUT2D eigenvalue weighted by Gasteiger charge is 2.19. The average molecular weight is 397 g/mol. The fourth-order valence-corrected chi connectivity index (χ4v) is 3.35. The highest BCUT2D eigenvalue weighted by molar-refractivity contribution is 6.38. The van der Waals surface area contributed by atoms with Crippen molar-refractivity contribution in [2.24, 2.45) is 0 Å². The number of rotatable bonds is 7. The summed E-state index contributed by atoms with van der Waals surface area (Å²) in [5.41, 5.74) is 0.511. The van der Waals surface area contributed by atoms with Crippen molar-refractivity contribution in [3.63, 3.8) is 0 Å². The van der Waals surface area contributed by atoms with Gasteiger partial charge < -0.3 is 15.0 Å². The van der Waals surface area contributed by atoms with E-state index in [-0.39, 0.29) is 24.3 Å². The quantitative estimate of drug-likeness (QED) is 0.726. The van der Waals surface area contributed by atoms with Crippen molar-refractivity contribution >= 4 is 45.9 Å². The maximum Gasteiger partial charge on any atom is 0.258 e. The molecule has 1 aromatic carbocycles. The van der Waals surface area contributed by atoms with Gasteiger partial charge in [-0.15, -0.1) is 0 Å². The van der Waals surface area contributed by atoms with Gasteiger partial charge in [-0.25, -0.2) is 9.97 Å². The third-order valence-corrected chi connectivity index (χ3v) is 4.57. The number of nitrogens with zero attached hydrogens (tertiary/aromatic N) is 3. The van der Waals surface area contributed by atoms with Crippen LogP contribution in [0.1, 0.15) is 19.3 Å². The van der Waals surface area contributed by atoms with E-state index < -0.39 is 0 Å². The summed E-state index contributed by atoms with van der Waals surface area (Å²) in [5.74, 6) is 0.169. The summed E-state index contributed by atoms with van der Waals surface area (Å²) in [6.45, 7) is 1.77. The molecule has 1 aromatic heterocycles. The first-order valence-corrected chi connectivity index (χ1v) is 9.07. The van der Waals surface area contributed by atoms with Crippen LogP contribution < -0.4 is 10.1 Å². The molecule has 0 saturated carbocycles. The summed E-state index contributed by atoms with van der Waals surface area (Å²) in [4.78, 5) is 33.4. The Kier molecular flexibility index (Phi) is 6.11. The second-order valence-electron chi connectivity index (χ2n) is 5.94. The Balaban J connectivity index is 1.49. The van der Waals surface area contributed by atoms with Gasteiger partial charge in [0.25, 0.3) is 5.91 Å². The van der Waals surface area contributed by atoms with Gasteiger partial charge in [-0.2, -0.15) is 0 Å². The van der Waals surface area contributed by atoms with Crippen LogP contribution in [0, 0.1) is 0 Å². The van der Waals surface area contributed by atoms with Crippen LogP contribution in [-0.4, -0.2) is 52.9 Å². The highest BCUT2D eigenvalue weighted by atomic mass is 35.5. The zero-order chi connectivity index (χ0) is 18.5. The first-order chi connectivity index (χ1) is 12.5. The Hall–Kier alpha value is -2.12. The summed E-state index contributed by atoms with van der Waals surface area (Å²) >= 11 is 12.1.